The Hall–Kier alpha value is -3.21. The van der Waals surface area contributed by atoms with E-state index < -0.39 is 0 Å². The highest BCUT2D eigenvalue weighted by atomic mass is 16.5. The molecule has 152 valence electrons. The van der Waals surface area contributed by atoms with E-state index in [0.29, 0.717) is 6.61 Å². The summed E-state index contributed by atoms with van der Waals surface area (Å²) < 4.78 is 11.9. The van der Waals surface area contributed by atoms with E-state index >= 15 is 0 Å². The number of aliphatic imine (C=N–C) groups is 1. The van der Waals surface area contributed by atoms with Crippen LogP contribution in [0.25, 0.3) is 11.1 Å². The summed E-state index contributed by atoms with van der Waals surface area (Å²) in [5, 5.41) is 0. The van der Waals surface area contributed by atoms with Crippen molar-refractivity contribution in [2.24, 2.45) is 10.7 Å². The van der Waals surface area contributed by atoms with Crippen LogP contribution in [0.15, 0.2) is 72.1 Å². The van der Waals surface area contributed by atoms with E-state index in [1.165, 1.54) is 11.8 Å². The first-order valence-corrected chi connectivity index (χ1v) is 10.3. The molecule has 1 aliphatic heterocycles. The van der Waals surface area contributed by atoms with Gasteiger partial charge in [-0.1, -0.05) is 42.7 Å². The van der Waals surface area contributed by atoms with E-state index in [1.807, 2.05) is 42.7 Å². The van der Waals surface area contributed by atoms with Crippen molar-refractivity contribution in [2.45, 2.75) is 26.2 Å². The van der Waals surface area contributed by atoms with Gasteiger partial charge in [0.05, 0.1) is 12.9 Å². The van der Waals surface area contributed by atoms with Crippen LogP contribution >= 0.6 is 0 Å². The quantitative estimate of drug-likeness (QED) is 0.387. The fourth-order valence-corrected chi connectivity index (χ4v) is 3.23. The Morgan fingerprint density at radius 1 is 1.13 bits per heavy atom. The Morgan fingerprint density at radius 2 is 1.97 bits per heavy atom. The minimum absolute atomic E-state index is 0.644. The highest BCUT2D eigenvalue weighted by Crippen LogP contribution is 2.41. The molecule has 5 heteroatoms. The number of fused-ring (bicyclic) bond motifs is 1. The number of rotatable bonds is 9. The van der Waals surface area contributed by atoms with Crippen molar-refractivity contribution in [1.29, 1.82) is 0 Å². The van der Waals surface area contributed by atoms with Crippen LogP contribution < -0.4 is 20.7 Å². The van der Waals surface area contributed by atoms with Crippen molar-refractivity contribution in [1.82, 2.24) is 0 Å². The van der Waals surface area contributed by atoms with E-state index in [2.05, 4.69) is 24.1 Å². The zero-order valence-electron chi connectivity index (χ0n) is 17.4. The predicted octanol–water partition coefficient (Wildman–Crippen LogP) is 4.41. The molecule has 0 atom stereocenters. The average molecular weight is 398 g/mol. The van der Waals surface area contributed by atoms with Crippen LogP contribution in [0.2, 0.25) is 0 Å². The second-order valence-corrected chi connectivity index (χ2v) is 6.95. The summed E-state index contributed by atoms with van der Waals surface area (Å²) >= 11 is 0. The lowest BCUT2D eigenvalue weighted by Gasteiger charge is -2.22. The smallest absolute Gasteiger partial charge is 0.138 e. The number of nitrogens with zero attached hydrogens (tertiary/aromatic N) is 1. The van der Waals surface area contributed by atoms with E-state index in [0.717, 1.165) is 59.5 Å². The monoisotopic (exact) mass is 398 g/mol. The van der Waals surface area contributed by atoms with Crippen molar-refractivity contribution in [3.05, 3.63) is 78.2 Å². The van der Waals surface area contributed by atoms with E-state index in [-0.39, 0.29) is 0 Å². The number of ether oxygens (including phenoxy) is 2. The van der Waals surface area contributed by atoms with Gasteiger partial charge < -0.3 is 15.2 Å². The minimum Gasteiger partial charge on any atom is -0.493 e. The van der Waals surface area contributed by atoms with Crippen LogP contribution in [-0.4, -0.2) is 27.2 Å². The number of allylic oxidation sites excluding steroid dienone is 4. The number of unbranched alkanes of at least 4 members (excludes halogenated alkanes) is 1. The predicted molar refractivity (Wildman–Crippen MR) is 127 cm³/mol. The summed E-state index contributed by atoms with van der Waals surface area (Å²) in [5.74, 6) is 1.62. The summed E-state index contributed by atoms with van der Waals surface area (Å²) in [6.07, 6.45) is 11.8. The Morgan fingerprint density at radius 3 is 2.73 bits per heavy atom. The van der Waals surface area contributed by atoms with Crippen LogP contribution in [0.4, 0.5) is 0 Å². The number of benzene rings is 2. The molecule has 3 rings (SSSR count). The van der Waals surface area contributed by atoms with Gasteiger partial charge in [0, 0.05) is 30.0 Å². The molecule has 0 aliphatic carbocycles. The number of hydrogen-bond acceptors (Lipinski definition) is 4. The molecule has 0 bridgehead atoms. The first-order chi connectivity index (χ1) is 14.7. The van der Waals surface area contributed by atoms with Crippen LogP contribution in [0.3, 0.4) is 0 Å². The third-order valence-corrected chi connectivity index (χ3v) is 4.72. The Balaban J connectivity index is 1.65. The molecule has 0 spiro atoms. The van der Waals surface area contributed by atoms with Gasteiger partial charge in [-0.25, -0.2) is 0 Å². The molecule has 2 radical (unpaired) electrons. The van der Waals surface area contributed by atoms with Crippen molar-refractivity contribution < 1.29 is 9.47 Å². The maximum Gasteiger partial charge on any atom is 0.138 e. The molecule has 1 heterocycles. The SMILES string of the molecule is [B]c1ccc(C2=COc3cc(OCCCCN=C/C=C\N)ccc3/C2=C\CC)cc1. The largest absolute Gasteiger partial charge is 0.493 e. The average Bonchev–Trinajstić information content (AvgIpc) is 2.76. The molecule has 2 aromatic rings. The maximum atomic E-state index is 5.97. The molecule has 0 saturated carbocycles. The van der Waals surface area contributed by atoms with Crippen LogP contribution in [-0.2, 0) is 0 Å². The molecule has 2 aromatic carbocycles. The molecule has 0 saturated heterocycles. The van der Waals surface area contributed by atoms with Gasteiger partial charge >= 0.3 is 0 Å². The van der Waals surface area contributed by atoms with Gasteiger partial charge in [0.15, 0.2) is 0 Å². The van der Waals surface area contributed by atoms with Gasteiger partial charge in [-0.2, -0.15) is 0 Å². The second-order valence-electron chi connectivity index (χ2n) is 6.95. The molecule has 0 unspecified atom stereocenters. The lowest BCUT2D eigenvalue weighted by molar-refractivity contribution is 0.306. The first-order valence-electron chi connectivity index (χ1n) is 10.3. The van der Waals surface area contributed by atoms with Gasteiger partial charge in [0.25, 0.3) is 0 Å². The molecule has 1 aliphatic rings. The highest BCUT2D eigenvalue weighted by molar-refractivity contribution is 6.32. The maximum absolute atomic E-state index is 5.97. The lowest BCUT2D eigenvalue weighted by Crippen LogP contribution is -2.05. The molecule has 0 aromatic heterocycles. The summed E-state index contributed by atoms with van der Waals surface area (Å²) in [7, 11) is 5.84. The summed E-state index contributed by atoms with van der Waals surface area (Å²) in [4.78, 5) is 4.24. The number of nitrogens with two attached hydrogens (primary N) is 1. The van der Waals surface area contributed by atoms with Crippen LogP contribution in [0, 0.1) is 0 Å². The molecule has 0 amide bonds. The summed E-state index contributed by atoms with van der Waals surface area (Å²) in [6.45, 7) is 3.55. The van der Waals surface area contributed by atoms with E-state index in [1.54, 1.807) is 12.3 Å². The zero-order valence-corrected chi connectivity index (χ0v) is 17.4. The topological polar surface area (TPSA) is 56.8 Å². The normalized spacial score (nSPS) is 14.7. The van der Waals surface area contributed by atoms with Gasteiger partial charge in [-0.05, 0) is 54.8 Å². The molecule has 30 heavy (non-hydrogen) atoms. The van der Waals surface area contributed by atoms with E-state index in [9.17, 15) is 0 Å². The second kappa shape index (κ2) is 11.1. The van der Waals surface area contributed by atoms with Crippen molar-refractivity contribution in [3.63, 3.8) is 0 Å². The Bertz CT molecular complexity index is 960. The number of hydrogen-bond donors (Lipinski definition) is 1. The zero-order chi connectivity index (χ0) is 21.2. The molecular formula is C25H27BN2O2. The lowest BCUT2D eigenvalue weighted by atomic mass is 9.88. The van der Waals surface area contributed by atoms with Crippen LogP contribution in [0.1, 0.15) is 37.3 Å². The molecular weight excluding hydrogens is 371 g/mol. The van der Waals surface area contributed by atoms with Gasteiger partial charge in [-0.15, -0.1) is 0 Å². The van der Waals surface area contributed by atoms with Crippen molar-refractivity contribution in [3.8, 4) is 11.5 Å². The van der Waals surface area contributed by atoms with Gasteiger partial charge in [-0.3, -0.25) is 4.99 Å². The van der Waals surface area contributed by atoms with Crippen LogP contribution in [0.5, 0.6) is 11.5 Å². The van der Waals surface area contributed by atoms with E-state index in [4.69, 9.17) is 23.1 Å². The summed E-state index contributed by atoms with van der Waals surface area (Å²) in [5.41, 5.74) is 10.4. The molecule has 2 N–H and O–H groups in total. The van der Waals surface area contributed by atoms with Gasteiger partial charge in [0.1, 0.15) is 19.3 Å². The summed E-state index contributed by atoms with van der Waals surface area (Å²) in [6, 6.07) is 13.9. The first kappa shape index (κ1) is 21.5. The Kier molecular flexibility index (Phi) is 7.96. The van der Waals surface area contributed by atoms with Crippen molar-refractivity contribution in [2.75, 3.05) is 13.2 Å². The van der Waals surface area contributed by atoms with Crippen molar-refractivity contribution >= 4 is 30.7 Å². The minimum atomic E-state index is 0.644. The third-order valence-electron chi connectivity index (χ3n) is 4.72. The third kappa shape index (κ3) is 5.66. The Labute approximate surface area is 180 Å². The highest BCUT2D eigenvalue weighted by Gasteiger charge is 2.20. The fraction of sp³-hybridized carbons (Fsp3) is 0.240. The van der Waals surface area contributed by atoms with Gasteiger partial charge in [0.2, 0.25) is 0 Å². The standard InChI is InChI=1S/C25H27BN2O2/c1-2-6-22-23-12-11-21(29-16-4-3-14-28-15-5-13-27)17-25(23)30-18-24(22)19-7-9-20(26)10-8-19/h5-13,15,17-18H,2-4,14,16,27H2,1H3/b13-5-,22-6+,28-15?. The molecule has 0 fully saturated rings. The fourth-order valence-electron chi connectivity index (χ4n) is 3.23. The molecule has 4 nitrogen and oxygen atoms in total.